The van der Waals surface area contributed by atoms with Gasteiger partial charge in [-0.1, -0.05) is 12.1 Å². The SMILES string of the molecule is Cn1nc(-c2ccc3cc[nH]c3c2)cc1C(=O)O. The van der Waals surface area contributed by atoms with Crippen molar-refractivity contribution in [2.75, 3.05) is 0 Å². The number of fused-ring (bicyclic) bond motifs is 1. The van der Waals surface area contributed by atoms with Crippen molar-refractivity contribution < 1.29 is 9.90 Å². The Morgan fingerprint density at radius 2 is 2.17 bits per heavy atom. The molecule has 0 aliphatic carbocycles. The summed E-state index contributed by atoms with van der Waals surface area (Å²) in [5.41, 5.74) is 2.74. The molecule has 0 spiro atoms. The molecule has 0 amide bonds. The minimum absolute atomic E-state index is 0.177. The Bertz CT molecular complexity index is 740. The van der Waals surface area contributed by atoms with Gasteiger partial charge < -0.3 is 10.1 Å². The maximum atomic E-state index is 11.0. The molecule has 5 heteroatoms. The molecule has 0 atom stereocenters. The van der Waals surface area contributed by atoms with Gasteiger partial charge in [-0.05, 0) is 23.6 Å². The maximum Gasteiger partial charge on any atom is 0.354 e. The fourth-order valence-corrected chi connectivity index (χ4v) is 2.02. The number of nitrogens with zero attached hydrogens (tertiary/aromatic N) is 2. The van der Waals surface area contributed by atoms with Crippen molar-refractivity contribution in [3.05, 3.63) is 42.2 Å². The molecule has 2 N–H and O–H groups in total. The Balaban J connectivity index is 2.13. The molecule has 3 aromatic rings. The summed E-state index contributed by atoms with van der Waals surface area (Å²) >= 11 is 0. The number of H-pyrrole nitrogens is 1. The van der Waals surface area contributed by atoms with Gasteiger partial charge in [0.2, 0.25) is 0 Å². The van der Waals surface area contributed by atoms with Crippen LogP contribution in [0.3, 0.4) is 0 Å². The van der Waals surface area contributed by atoms with Crippen LogP contribution in [-0.2, 0) is 7.05 Å². The quantitative estimate of drug-likeness (QED) is 0.723. The van der Waals surface area contributed by atoms with Crippen LogP contribution in [0.5, 0.6) is 0 Å². The van der Waals surface area contributed by atoms with Gasteiger partial charge >= 0.3 is 5.97 Å². The van der Waals surface area contributed by atoms with Crippen LogP contribution < -0.4 is 0 Å². The third-order valence-electron chi connectivity index (χ3n) is 2.95. The lowest BCUT2D eigenvalue weighted by molar-refractivity contribution is 0.0685. The van der Waals surface area contributed by atoms with Crippen LogP contribution in [0.15, 0.2) is 36.5 Å². The first-order valence-corrected chi connectivity index (χ1v) is 5.50. The molecule has 0 saturated heterocycles. The van der Waals surface area contributed by atoms with Crippen molar-refractivity contribution in [3.8, 4) is 11.3 Å². The predicted octanol–water partition coefficient (Wildman–Crippen LogP) is 2.27. The second-order valence-corrected chi connectivity index (χ2v) is 4.12. The number of carboxylic acid groups (broad SMARTS) is 1. The minimum atomic E-state index is -0.975. The fraction of sp³-hybridized carbons (Fsp3) is 0.0769. The number of carbonyl (C=O) groups is 1. The van der Waals surface area contributed by atoms with Crippen LogP contribution in [-0.4, -0.2) is 25.8 Å². The van der Waals surface area contributed by atoms with Gasteiger partial charge in [-0.15, -0.1) is 0 Å². The first-order valence-electron chi connectivity index (χ1n) is 5.50. The molecule has 0 aliphatic heterocycles. The number of aromatic carboxylic acids is 1. The van der Waals surface area contributed by atoms with Gasteiger partial charge in [0, 0.05) is 24.3 Å². The van der Waals surface area contributed by atoms with E-state index < -0.39 is 5.97 Å². The van der Waals surface area contributed by atoms with Crippen molar-refractivity contribution in [3.63, 3.8) is 0 Å². The highest BCUT2D eigenvalue weighted by Gasteiger charge is 2.13. The Morgan fingerprint density at radius 3 is 2.89 bits per heavy atom. The molecule has 1 aromatic carbocycles. The van der Waals surface area contributed by atoms with Crippen molar-refractivity contribution >= 4 is 16.9 Å². The Labute approximate surface area is 103 Å². The zero-order chi connectivity index (χ0) is 12.7. The molecule has 5 nitrogen and oxygen atoms in total. The molecule has 0 bridgehead atoms. The van der Waals surface area contributed by atoms with E-state index in [2.05, 4.69) is 10.1 Å². The smallest absolute Gasteiger partial charge is 0.354 e. The number of aromatic nitrogens is 3. The van der Waals surface area contributed by atoms with E-state index in [1.807, 2.05) is 30.5 Å². The molecule has 90 valence electrons. The summed E-state index contributed by atoms with van der Waals surface area (Å²) in [5, 5.41) is 14.3. The summed E-state index contributed by atoms with van der Waals surface area (Å²) in [6, 6.07) is 9.44. The number of carboxylic acids is 1. The second-order valence-electron chi connectivity index (χ2n) is 4.12. The molecule has 2 aromatic heterocycles. The maximum absolute atomic E-state index is 11.0. The van der Waals surface area contributed by atoms with E-state index in [0.717, 1.165) is 16.5 Å². The van der Waals surface area contributed by atoms with E-state index >= 15 is 0 Å². The number of aryl methyl sites for hydroxylation is 1. The largest absolute Gasteiger partial charge is 0.477 e. The molecule has 0 saturated carbocycles. The molecular formula is C13H11N3O2. The lowest BCUT2D eigenvalue weighted by Crippen LogP contribution is -2.04. The fourth-order valence-electron chi connectivity index (χ4n) is 2.02. The van der Waals surface area contributed by atoms with Crippen molar-refractivity contribution in [2.24, 2.45) is 7.05 Å². The van der Waals surface area contributed by atoms with Gasteiger partial charge in [0.25, 0.3) is 0 Å². The number of benzene rings is 1. The monoisotopic (exact) mass is 241 g/mol. The standard InChI is InChI=1S/C13H11N3O2/c1-16-12(13(17)18)7-11(15-16)9-3-2-8-4-5-14-10(8)6-9/h2-7,14H,1H3,(H,17,18). The van der Waals surface area contributed by atoms with E-state index in [-0.39, 0.29) is 5.69 Å². The number of nitrogens with one attached hydrogen (secondary N) is 1. The lowest BCUT2D eigenvalue weighted by atomic mass is 10.1. The summed E-state index contributed by atoms with van der Waals surface area (Å²) in [4.78, 5) is 14.1. The van der Waals surface area contributed by atoms with Gasteiger partial charge in [-0.25, -0.2) is 4.79 Å². The Kier molecular flexibility index (Phi) is 2.19. The van der Waals surface area contributed by atoms with E-state index in [4.69, 9.17) is 5.11 Å². The van der Waals surface area contributed by atoms with Gasteiger partial charge in [-0.3, -0.25) is 4.68 Å². The molecule has 3 rings (SSSR count). The highest BCUT2D eigenvalue weighted by molar-refractivity contribution is 5.88. The van der Waals surface area contributed by atoms with Crippen LogP contribution in [0.4, 0.5) is 0 Å². The average molecular weight is 241 g/mol. The molecule has 18 heavy (non-hydrogen) atoms. The second kappa shape index (κ2) is 3.73. The number of hydrogen-bond acceptors (Lipinski definition) is 2. The van der Waals surface area contributed by atoms with Crippen LogP contribution in [0, 0.1) is 0 Å². The van der Waals surface area contributed by atoms with Crippen molar-refractivity contribution in [2.45, 2.75) is 0 Å². The number of hydrogen-bond donors (Lipinski definition) is 2. The zero-order valence-electron chi connectivity index (χ0n) is 9.71. The molecule has 0 aliphatic rings. The third-order valence-corrected chi connectivity index (χ3v) is 2.95. The topological polar surface area (TPSA) is 70.9 Å². The average Bonchev–Trinajstić information content (AvgIpc) is 2.93. The zero-order valence-corrected chi connectivity index (χ0v) is 9.71. The van der Waals surface area contributed by atoms with Crippen LogP contribution in [0.1, 0.15) is 10.5 Å². The first kappa shape index (κ1) is 10.6. The van der Waals surface area contributed by atoms with Gasteiger partial charge in [0.05, 0.1) is 5.69 Å². The first-order chi connectivity index (χ1) is 8.65. The van der Waals surface area contributed by atoms with Gasteiger partial charge in [-0.2, -0.15) is 5.10 Å². The van der Waals surface area contributed by atoms with Crippen LogP contribution in [0.25, 0.3) is 22.2 Å². The predicted molar refractivity (Wildman–Crippen MR) is 67.5 cm³/mol. The van der Waals surface area contributed by atoms with E-state index in [0.29, 0.717) is 5.69 Å². The molecule has 0 radical (unpaired) electrons. The minimum Gasteiger partial charge on any atom is -0.477 e. The number of rotatable bonds is 2. The summed E-state index contributed by atoms with van der Waals surface area (Å²) in [6.45, 7) is 0. The number of aromatic amines is 1. The summed E-state index contributed by atoms with van der Waals surface area (Å²) in [6.07, 6.45) is 1.87. The summed E-state index contributed by atoms with van der Waals surface area (Å²) < 4.78 is 1.37. The molecule has 0 unspecified atom stereocenters. The van der Waals surface area contributed by atoms with E-state index in [1.54, 1.807) is 13.1 Å². The van der Waals surface area contributed by atoms with Crippen molar-refractivity contribution in [1.29, 1.82) is 0 Å². The highest BCUT2D eigenvalue weighted by Crippen LogP contribution is 2.23. The molecule has 0 fully saturated rings. The van der Waals surface area contributed by atoms with E-state index in [1.165, 1.54) is 4.68 Å². The lowest BCUT2D eigenvalue weighted by Gasteiger charge is -1.96. The third kappa shape index (κ3) is 1.57. The molecular weight excluding hydrogens is 230 g/mol. The molecule has 2 heterocycles. The highest BCUT2D eigenvalue weighted by atomic mass is 16.4. The summed E-state index contributed by atoms with van der Waals surface area (Å²) in [7, 11) is 1.63. The Hall–Kier alpha value is -2.56. The van der Waals surface area contributed by atoms with Crippen LogP contribution >= 0.6 is 0 Å². The van der Waals surface area contributed by atoms with Gasteiger partial charge in [0.1, 0.15) is 5.69 Å². The van der Waals surface area contributed by atoms with E-state index in [9.17, 15) is 4.79 Å². The van der Waals surface area contributed by atoms with Crippen molar-refractivity contribution in [1.82, 2.24) is 14.8 Å². The van der Waals surface area contributed by atoms with Gasteiger partial charge in [0.15, 0.2) is 0 Å². The Morgan fingerprint density at radius 1 is 1.33 bits per heavy atom. The summed E-state index contributed by atoms with van der Waals surface area (Å²) in [5.74, 6) is -0.975. The normalized spacial score (nSPS) is 10.9. The van der Waals surface area contributed by atoms with Crippen LogP contribution in [0.2, 0.25) is 0 Å².